The molecule has 3 rings (SSSR count). The van der Waals surface area contributed by atoms with Crippen molar-refractivity contribution >= 4 is 37.3 Å². The molecule has 0 saturated carbocycles. The molecule has 2 radical (unpaired) electrons. The van der Waals surface area contributed by atoms with Crippen LogP contribution < -0.4 is 15.9 Å². The largest absolute Gasteiger partial charge is 0.384 e. The van der Waals surface area contributed by atoms with Gasteiger partial charge in [-0.2, -0.15) is 0 Å². The molecule has 0 bridgehead atoms. The van der Waals surface area contributed by atoms with Gasteiger partial charge in [0, 0.05) is 18.7 Å². The lowest BCUT2D eigenvalue weighted by molar-refractivity contribution is -0.136. The van der Waals surface area contributed by atoms with E-state index in [9.17, 15) is 19.2 Å². The minimum Gasteiger partial charge on any atom is -0.384 e. The molecule has 4 amide bonds. The van der Waals surface area contributed by atoms with Gasteiger partial charge in [-0.25, -0.2) is 0 Å². The third-order valence-electron chi connectivity index (χ3n) is 4.78. The fourth-order valence-electron chi connectivity index (χ4n) is 3.41. The van der Waals surface area contributed by atoms with Crippen LogP contribution in [0.3, 0.4) is 0 Å². The number of amides is 4. The standard InChI is InChI=1S/C18H21BN4O4/c19-21-10-3-1-2-9-20-12-6-4-5-11-15(12)18(27)23(17(11)26)13-7-8-14(24)22-16(13)25/h4-6,13,20-21H,1-3,7-10H2,(H,22,24,25). The molecule has 1 aromatic rings. The Balaban J connectivity index is 1.72. The van der Waals surface area contributed by atoms with Crippen LogP contribution in [0.1, 0.15) is 52.8 Å². The fourth-order valence-corrected chi connectivity index (χ4v) is 3.41. The molecule has 1 unspecified atom stereocenters. The van der Waals surface area contributed by atoms with Crippen LogP contribution in [-0.2, 0) is 9.59 Å². The molecular formula is C18H21BN4O4. The maximum absolute atomic E-state index is 12.9. The van der Waals surface area contributed by atoms with E-state index in [0.717, 1.165) is 30.7 Å². The highest BCUT2D eigenvalue weighted by atomic mass is 16.2. The number of hydrogen-bond acceptors (Lipinski definition) is 6. The summed E-state index contributed by atoms with van der Waals surface area (Å²) in [5.74, 6) is -1.99. The molecule has 27 heavy (non-hydrogen) atoms. The minimum absolute atomic E-state index is 0.104. The number of nitrogens with zero attached hydrogens (tertiary/aromatic N) is 1. The number of piperidine rings is 1. The van der Waals surface area contributed by atoms with Crippen LogP contribution in [0.2, 0.25) is 0 Å². The summed E-state index contributed by atoms with van der Waals surface area (Å²) in [7, 11) is 5.23. The molecule has 1 fully saturated rings. The summed E-state index contributed by atoms with van der Waals surface area (Å²) in [5, 5.41) is 8.00. The predicted octanol–water partition coefficient (Wildman–Crippen LogP) is 0.343. The van der Waals surface area contributed by atoms with Gasteiger partial charge in [0.25, 0.3) is 11.8 Å². The first-order valence-electron chi connectivity index (χ1n) is 9.06. The number of nitrogens with one attached hydrogen (secondary N) is 3. The number of fused-ring (bicyclic) bond motifs is 1. The third-order valence-corrected chi connectivity index (χ3v) is 4.78. The Labute approximate surface area is 158 Å². The maximum Gasteiger partial charge on any atom is 0.264 e. The van der Waals surface area contributed by atoms with Crippen LogP contribution in [0.4, 0.5) is 5.69 Å². The summed E-state index contributed by atoms with van der Waals surface area (Å²) >= 11 is 0. The number of unbranched alkanes of at least 4 members (excludes halogenated alkanes) is 2. The third kappa shape index (κ3) is 3.87. The first-order chi connectivity index (χ1) is 13.0. The molecule has 1 saturated heterocycles. The van der Waals surface area contributed by atoms with Crippen molar-refractivity contribution in [1.29, 1.82) is 0 Å². The first-order valence-corrected chi connectivity index (χ1v) is 9.06. The zero-order valence-corrected chi connectivity index (χ0v) is 14.9. The highest BCUT2D eigenvalue weighted by Crippen LogP contribution is 2.32. The van der Waals surface area contributed by atoms with Gasteiger partial charge in [-0.15, -0.1) is 0 Å². The zero-order chi connectivity index (χ0) is 19.4. The normalized spacial score (nSPS) is 19.3. The van der Waals surface area contributed by atoms with Crippen LogP contribution in [0.15, 0.2) is 18.2 Å². The molecule has 0 spiro atoms. The van der Waals surface area contributed by atoms with Gasteiger partial charge in [-0.1, -0.05) is 12.5 Å². The summed E-state index contributed by atoms with van der Waals surface area (Å²) in [5.41, 5.74) is 1.15. The van der Waals surface area contributed by atoms with E-state index < -0.39 is 23.8 Å². The fraction of sp³-hybridized carbons (Fsp3) is 0.444. The molecular weight excluding hydrogens is 347 g/mol. The Morgan fingerprint density at radius 3 is 2.59 bits per heavy atom. The summed E-state index contributed by atoms with van der Waals surface area (Å²) in [6.45, 7) is 1.40. The number of rotatable bonds is 8. The number of benzene rings is 1. The van der Waals surface area contributed by atoms with Crippen molar-refractivity contribution in [2.75, 3.05) is 18.4 Å². The van der Waals surface area contributed by atoms with Gasteiger partial charge in [0.2, 0.25) is 11.8 Å². The molecule has 9 heteroatoms. The molecule has 3 N–H and O–H groups in total. The second-order valence-corrected chi connectivity index (χ2v) is 6.62. The van der Waals surface area contributed by atoms with Crippen molar-refractivity contribution in [3.8, 4) is 0 Å². The molecule has 2 heterocycles. The molecule has 2 aliphatic rings. The Bertz CT molecular complexity index is 783. The van der Waals surface area contributed by atoms with E-state index in [0.29, 0.717) is 12.2 Å². The Morgan fingerprint density at radius 2 is 1.85 bits per heavy atom. The number of anilines is 1. The van der Waals surface area contributed by atoms with Gasteiger partial charge in [-0.3, -0.25) is 29.4 Å². The average molecular weight is 368 g/mol. The van der Waals surface area contributed by atoms with Crippen LogP contribution in [0.25, 0.3) is 0 Å². The molecule has 0 aromatic heterocycles. The van der Waals surface area contributed by atoms with Gasteiger partial charge in [0.1, 0.15) is 6.04 Å². The van der Waals surface area contributed by atoms with Crippen molar-refractivity contribution in [3.63, 3.8) is 0 Å². The highest BCUT2D eigenvalue weighted by Gasteiger charge is 2.45. The second kappa shape index (κ2) is 8.34. The number of carbonyl (C=O) groups excluding carboxylic acids is 4. The lowest BCUT2D eigenvalue weighted by Crippen LogP contribution is -2.54. The van der Waals surface area contributed by atoms with Crippen LogP contribution >= 0.6 is 0 Å². The van der Waals surface area contributed by atoms with E-state index in [1.165, 1.54) is 0 Å². The van der Waals surface area contributed by atoms with Crippen LogP contribution in [0.5, 0.6) is 0 Å². The lowest BCUT2D eigenvalue weighted by Gasteiger charge is -2.27. The molecule has 1 atom stereocenters. The molecule has 140 valence electrons. The van der Waals surface area contributed by atoms with Crippen molar-refractivity contribution < 1.29 is 19.2 Å². The van der Waals surface area contributed by atoms with Crippen molar-refractivity contribution in [1.82, 2.24) is 15.4 Å². The quantitative estimate of drug-likeness (QED) is 0.347. The van der Waals surface area contributed by atoms with Gasteiger partial charge in [-0.05, 0) is 37.9 Å². The summed E-state index contributed by atoms with van der Waals surface area (Å²) < 4.78 is 0. The van der Waals surface area contributed by atoms with Crippen molar-refractivity contribution in [2.24, 2.45) is 0 Å². The van der Waals surface area contributed by atoms with Gasteiger partial charge >= 0.3 is 0 Å². The summed E-state index contributed by atoms with van der Waals surface area (Å²) in [6.07, 6.45) is 3.07. The monoisotopic (exact) mass is 368 g/mol. The van der Waals surface area contributed by atoms with E-state index >= 15 is 0 Å². The topological polar surface area (TPSA) is 108 Å². The van der Waals surface area contributed by atoms with Crippen LogP contribution in [-0.4, -0.2) is 55.6 Å². The van der Waals surface area contributed by atoms with Crippen molar-refractivity contribution in [2.45, 2.75) is 38.1 Å². The van der Waals surface area contributed by atoms with E-state index in [1.807, 2.05) is 0 Å². The average Bonchev–Trinajstić information content (AvgIpc) is 2.90. The summed E-state index contributed by atoms with van der Waals surface area (Å²) in [4.78, 5) is 50.1. The smallest absolute Gasteiger partial charge is 0.264 e. The van der Waals surface area contributed by atoms with E-state index in [1.54, 1.807) is 18.2 Å². The van der Waals surface area contributed by atoms with Gasteiger partial charge in [0.05, 0.1) is 11.1 Å². The van der Waals surface area contributed by atoms with E-state index in [2.05, 4.69) is 15.9 Å². The van der Waals surface area contributed by atoms with Crippen molar-refractivity contribution in [3.05, 3.63) is 29.3 Å². The first kappa shape index (κ1) is 19.1. The Morgan fingerprint density at radius 1 is 1.07 bits per heavy atom. The number of carbonyl (C=O) groups is 4. The second-order valence-electron chi connectivity index (χ2n) is 6.62. The van der Waals surface area contributed by atoms with Gasteiger partial charge in [0.15, 0.2) is 7.98 Å². The molecule has 2 aliphatic heterocycles. The van der Waals surface area contributed by atoms with E-state index in [4.69, 9.17) is 7.98 Å². The molecule has 1 aromatic carbocycles. The minimum atomic E-state index is -0.952. The highest BCUT2D eigenvalue weighted by molar-refractivity contribution is 6.25. The number of hydrogen-bond donors (Lipinski definition) is 3. The Kier molecular flexibility index (Phi) is 5.90. The Hall–Kier alpha value is -2.68. The molecule has 8 nitrogen and oxygen atoms in total. The van der Waals surface area contributed by atoms with Crippen LogP contribution in [0, 0.1) is 0 Å². The maximum atomic E-state index is 12.9. The zero-order valence-electron chi connectivity index (χ0n) is 14.9. The lowest BCUT2D eigenvalue weighted by atomic mass is 10.0. The predicted molar refractivity (Wildman–Crippen MR) is 99.2 cm³/mol. The van der Waals surface area contributed by atoms with Gasteiger partial charge < -0.3 is 10.5 Å². The number of imide groups is 2. The SMILES string of the molecule is [B]NCCCCCNc1cccc2c1C(=O)N(C1CCC(=O)NC1=O)C2=O. The van der Waals surface area contributed by atoms with E-state index in [-0.39, 0.29) is 29.9 Å². The molecule has 0 aliphatic carbocycles. The summed E-state index contributed by atoms with van der Waals surface area (Å²) in [6, 6.07) is 4.09.